The molecule has 5 rings (SSSR count). The van der Waals surface area contributed by atoms with Crippen molar-refractivity contribution >= 4 is 45.0 Å². The van der Waals surface area contributed by atoms with E-state index in [0.717, 1.165) is 6.07 Å². The maximum atomic E-state index is 14.3. The van der Waals surface area contributed by atoms with E-state index in [-0.39, 0.29) is 34.2 Å². The number of amides is 1. The Balaban J connectivity index is 1.49. The van der Waals surface area contributed by atoms with Gasteiger partial charge in [0.2, 0.25) is 17.7 Å². The normalized spacial score (nSPS) is 14.8. The first-order valence-corrected chi connectivity index (χ1v) is 13.9. The lowest BCUT2D eigenvalue weighted by Crippen LogP contribution is -2.40. The lowest BCUT2D eigenvalue weighted by atomic mass is 10.0. The molecule has 208 valence electrons. The first-order valence-electron chi connectivity index (χ1n) is 12.5. The van der Waals surface area contributed by atoms with E-state index < -0.39 is 22.3 Å². The zero-order valence-corrected chi connectivity index (χ0v) is 22.8. The summed E-state index contributed by atoms with van der Waals surface area (Å²) < 4.78 is 37.7. The number of nitrogen functional groups attached to an aromatic ring is 1. The molecule has 1 fully saturated rings. The van der Waals surface area contributed by atoms with Crippen LogP contribution in [0.25, 0.3) is 22.0 Å². The molecule has 1 amide bonds. The van der Waals surface area contributed by atoms with Crippen molar-refractivity contribution in [2.75, 3.05) is 30.7 Å². The first kappa shape index (κ1) is 27.3. The molecule has 0 bridgehead atoms. The average Bonchev–Trinajstić information content (AvgIpc) is 2.93. The number of fused-ring (bicyclic) bond motifs is 1. The number of carbonyl (C=O) groups excluding carboxylic acids is 1. The minimum atomic E-state index is -1.08. The topological polar surface area (TPSA) is 115 Å². The van der Waals surface area contributed by atoms with Crippen LogP contribution in [0.1, 0.15) is 25.8 Å². The third-order valence-electron chi connectivity index (χ3n) is 6.97. The summed E-state index contributed by atoms with van der Waals surface area (Å²) in [5.74, 6) is 3.02. The molecule has 1 aliphatic heterocycles. The van der Waals surface area contributed by atoms with Gasteiger partial charge in [0.05, 0.1) is 22.9 Å². The van der Waals surface area contributed by atoms with Gasteiger partial charge in [-0.1, -0.05) is 22.6 Å². The summed E-state index contributed by atoms with van der Waals surface area (Å²) in [5, 5.41) is 0.399. The highest BCUT2D eigenvalue weighted by molar-refractivity contribution is 8.15. The number of nitrogens with zero attached hydrogens (tertiary/aromatic N) is 4. The van der Waals surface area contributed by atoms with E-state index in [1.54, 1.807) is 35.4 Å². The Bertz CT molecular complexity index is 1700. The number of carbonyl (C=O) groups is 1. The molecule has 3 N–H and O–H groups in total. The number of likely N-dealkylation sites (tertiary alicyclic amines) is 1. The fraction of sp³-hybridized carbons (Fsp3) is 0.250. The van der Waals surface area contributed by atoms with E-state index in [0.29, 0.717) is 53.6 Å². The van der Waals surface area contributed by atoms with E-state index >= 15 is 0 Å². The fourth-order valence-electron chi connectivity index (χ4n) is 4.90. The molecular weight excluding hydrogens is 538 g/mol. The Kier molecular flexibility index (Phi) is 7.53. The third kappa shape index (κ3) is 5.26. The van der Waals surface area contributed by atoms with Crippen molar-refractivity contribution < 1.29 is 18.3 Å². The van der Waals surface area contributed by atoms with Gasteiger partial charge < -0.3 is 20.1 Å². The van der Waals surface area contributed by atoms with Crippen molar-refractivity contribution in [1.82, 2.24) is 19.4 Å². The zero-order valence-electron chi connectivity index (χ0n) is 22.0. The van der Waals surface area contributed by atoms with Gasteiger partial charge in [0.15, 0.2) is 0 Å². The van der Waals surface area contributed by atoms with E-state index in [1.807, 2.05) is 0 Å². The monoisotopic (exact) mass is 566 g/mol. The minimum Gasteiger partial charge on any atom is -0.480 e. The SMILES string of the molecule is C=S(Nc1cc(-c2ccc3nc(N)n(C4CCN(C(C)=O)CC4)c(=O)c3c2)cnc1OC)c1ccc(F)cc1F. The van der Waals surface area contributed by atoms with Crippen molar-refractivity contribution in [2.24, 2.45) is 0 Å². The number of piperidine rings is 1. The summed E-state index contributed by atoms with van der Waals surface area (Å²) in [4.78, 5) is 36.1. The number of benzene rings is 2. The molecule has 12 heteroatoms. The predicted octanol–water partition coefficient (Wildman–Crippen LogP) is 4.60. The Morgan fingerprint density at radius 2 is 1.90 bits per heavy atom. The molecule has 0 saturated carbocycles. The maximum Gasteiger partial charge on any atom is 0.263 e. The van der Waals surface area contributed by atoms with E-state index in [9.17, 15) is 18.4 Å². The van der Waals surface area contributed by atoms with Crippen LogP contribution in [0.15, 0.2) is 58.4 Å². The van der Waals surface area contributed by atoms with Gasteiger partial charge in [0, 0.05) is 43.9 Å². The maximum absolute atomic E-state index is 14.3. The van der Waals surface area contributed by atoms with Crippen molar-refractivity contribution in [3.8, 4) is 17.0 Å². The number of ether oxygens (including phenoxy) is 1. The molecule has 0 radical (unpaired) electrons. The van der Waals surface area contributed by atoms with Crippen LogP contribution in [0.3, 0.4) is 0 Å². The zero-order chi connectivity index (χ0) is 28.6. The summed E-state index contributed by atoms with van der Waals surface area (Å²) >= 11 is 0. The summed E-state index contributed by atoms with van der Waals surface area (Å²) in [7, 11) is 0.376. The summed E-state index contributed by atoms with van der Waals surface area (Å²) in [6.45, 7) is 2.63. The molecule has 1 atom stereocenters. The Labute approximate surface area is 231 Å². The largest absolute Gasteiger partial charge is 0.480 e. The quantitative estimate of drug-likeness (QED) is 0.328. The van der Waals surface area contributed by atoms with Crippen LogP contribution in [0.5, 0.6) is 5.88 Å². The summed E-state index contributed by atoms with van der Waals surface area (Å²) in [5.41, 5.74) is 8.24. The van der Waals surface area contributed by atoms with Gasteiger partial charge in [0.25, 0.3) is 5.56 Å². The van der Waals surface area contributed by atoms with E-state index in [1.165, 1.54) is 30.7 Å². The van der Waals surface area contributed by atoms with Crippen LogP contribution in [-0.2, 0) is 4.79 Å². The number of nitrogens with one attached hydrogen (secondary N) is 1. The van der Waals surface area contributed by atoms with Gasteiger partial charge in [-0.2, -0.15) is 0 Å². The van der Waals surface area contributed by atoms with Crippen molar-refractivity contribution in [3.63, 3.8) is 0 Å². The molecule has 1 unspecified atom stereocenters. The lowest BCUT2D eigenvalue weighted by Gasteiger charge is -2.32. The van der Waals surface area contributed by atoms with Crippen LogP contribution < -0.4 is 20.8 Å². The second-order valence-corrected chi connectivity index (χ2v) is 10.9. The van der Waals surface area contributed by atoms with Gasteiger partial charge >= 0.3 is 0 Å². The lowest BCUT2D eigenvalue weighted by molar-refractivity contribution is -0.130. The van der Waals surface area contributed by atoms with Crippen LogP contribution >= 0.6 is 10.7 Å². The molecule has 1 saturated heterocycles. The number of hydrogen-bond donors (Lipinski definition) is 2. The van der Waals surface area contributed by atoms with Crippen molar-refractivity contribution in [3.05, 3.63) is 70.6 Å². The van der Waals surface area contributed by atoms with Crippen LogP contribution in [0.2, 0.25) is 0 Å². The first-order chi connectivity index (χ1) is 19.2. The molecule has 1 aliphatic rings. The second-order valence-electron chi connectivity index (χ2n) is 9.46. The molecule has 9 nitrogen and oxygen atoms in total. The molecule has 0 spiro atoms. The molecular formula is C28H28F2N6O3S. The highest BCUT2D eigenvalue weighted by Crippen LogP contribution is 2.36. The van der Waals surface area contributed by atoms with Crippen LogP contribution in [0.4, 0.5) is 20.4 Å². The molecule has 40 heavy (non-hydrogen) atoms. The van der Waals surface area contributed by atoms with Gasteiger partial charge in [0.1, 0.15) is 17.3 Å². The minimum absolute atomic E-state index is 0.00974. The Hall–Kier alpha value is -4.32. The van der Waals surface area contributed by atoms with Gasteiger partial charge in [-0.25, -0.2) is 18.7 Å². The molecule has 2 aromatic carbocycles. The number of anilines is 2. The van der Waals surface area contributed by atoms with Crippen molar-refractivity contribution in [2.45, 2.75) is 30.7 Å². The highest BCUT2D eigenvalue weighted by atomic mass is 32.2. The number of halogens is 2. The van der Waals surface area contributed by atoms with E-state index in [2.05, 4.69) is 20.6 Å². The number of pyridine rings is 1. The fourth-order valence-corrected chi connectivity index (χ4v) is 5.94. The van der Waals surface area contributed by atoms with Gasteiger partial charge in [-0.15, -0.1) is 0 Å². The third-order valence-corrected chi connectivity index (χ3v) is 8.30. The molecule has 0 aliphatic carbocycles. The number of nitrogens with two attached hydrogens (primary N) is 1. The van der Waals surface area contributed by atoms with E-state index in [4.69, 9.17) is 10.5 Å². The molecule has 4 aromatic rings. The average molecular weight is 567 g/mol. The predicted molar refractivity (Wildman–Crippen MR) is 154 cm³/mol. The summed E-state index contributed by atoms with van der Waals surface area (Å²) in [6.07, 6.45) is 2.82. The Morgan fingerprint density at radius 3 is 2.58 bits per heavy atom. The van der Waals surface area contributed by atoms with Gasteiger partial charge in [-0.05, 0) is 48.7 Å². The Morgan fingerprint density at radius 1 is 1.15 bits per heavy atom. The van der Waals surface area contributed by atoms with Crippen LogP contribution in [-0.4, -0.2) is 51.4 Å². The highest BCUT2D eigenvalue weighted by Gasteiger charge is 2.25. The molecule has 3 heterocycles. The van der Waals surface area contributed by atoms with Crippen LogP contribution in [0, 0.1) is 11.6 Å². The smallest absolute Gasteiger partial charge is 0.263 e. The van der Waals surface area contributed by atoms with Gasteiger partial charge in [-0.3, -0.25) is 14.2 Å². The second kappa shape index (κ2) is 11.0. The van der Waals surface area contributed by atoms with Crippen molar-refractivity contribution in [1.29, 1.82) is 0 Å². The number of aromatic nitrogens is 3. The number of rotatable bonds is 6. The molecule has 2 aromatic heterocycles. The summed E-state index contributed by atoms with van der Waals surface area (Å²) in [6, 6.07) is 10.2. The standard InChI is InChI=1S/C28H28F2N6O3S/c1-16(37)35-10-8-20(9-11-35)36-27(38)21-12-17(4-6-23(21)33-28(36)31)18-13-24(26(39-2)32-15-18)34-40(3)25-7-5-19(29)14-22(25)30/h4-7,12-15,20,34H,3,8-11H2,1-2H3,(H2,31,33). The number of methoxy groups -OCH3 is 1. The number of hydrogen-bond acceptors (Lipinski definition) is 7.